The van der Waals surface area contributed by atoms with Crippen LogP contribution in [0.4, 0.5) is 5.69 Å². The zero-order valence-corrected chi connectivity index (χ0v) is 17.0. The lowest BCUT2D eigenvalue weighted by molar-refractivity contribution is -0.153. The van der Waals surface area contributed by atoms with Gasteiger partial charge in [-0.3, -0.25) is 14.4 Å². The highest BCUT2D eigenvalue weighted by molar-refractivity contribution is 6.30. The summed E-state index contributed by atoms with van der Waals surface area (Å²) in [6.07, 6.45) is -1.06. The summed E-state index contributed by atoms with van der Waals surface area (Å²) in [7, 11) is 0. The number of para-hydroxylation sites is 2. The number of hydrogen-bond donors (Lipinski definition) is 2. The summed E-state index contributed by atoms with van der Waals surface area (Å²) in [6.45, 7) is 3.86. The van der Waals surface area contributed by atoms with Gasteiger partial charge >= 0.3 is 5.97 Å². The summed E-state index contributed by atoms with van der Waals surface area (Å²) in [5.74, 6) is -0.863. The average molecular weight is 419 g/mol. The fourth-order valence-electron chi connectivity index (χ4n) is 2.38. The van der Waals surface area contributed by atoms with E-state index >= 15 is 0 Å². The van der Waals surface area contributed by atoms with Crippen LogP contribution in [0.1, 0.15) is 30.6 Å². The molecule has 2 N–H and O–H groups in total. The van der Waals surface area contributed by atoms with E-state index in [-0.39, 0.29) is 18.9 Å². The number of carbonyl (C=O) groups excluding carboxylic acids is 3. The molecule has 0 bridgehead atoms. The summed E-state index contributed by atoms with van der Waals surface area (Å²) >= 11 is 5.78. The number of amides is 2. The summed E-state index contributed by atoms with van der Waals surface area (Å²) < 4.78 is 10.6. The van der Waals surface area contributed by atoms with Crippen molar-refractivity contribution in [2.45, 2.75) is 26.4 Å². The van der Waals surface area contributed by atoms with E-state index in [9.17, 15) is 14.4 Å². The Hall–Kier alpha value is -3.06. The normalized spacial score (nSPS) is 11.3. The van der Waals surface area contributed by atoms with Gasteiger partial charge in [0.15, 0.2) is 6.10 Å². The molecule has 2 amide bonds. The zero-order valence-electron chi connectivity index (χ0n) is 16.2. The van der Waals surface area contributed by atoms with Crippen LogP contribution in [0, 0.1) is 0 Å². The summed E-state index contributed by atoms with van der Waals surface area (Å²) in [5, 5.41) is 5.82. The van der Waals surface area contributed by atoms with Gasteiger partial charge in [0.05, 0.1) is 18.7 Å². The number of halogens is 1. The second-order valence-corrected chi connectivity index (χ2v) is 6.50. The van der Waals surface area contributed by atoms with Gasteiger partial charge < -0.3 is 20.1 Å². The highest BCUT2D eigenvalue weighted by atomic mass is 35.5. The van der Waals surface area contributed by atoms with Crippen LogP contribution in [0.25, 0.3) is 0 Å². The standard InChI is InChI=1S/C21H23ClN2O5/c1-3-28-18-7-5-4-6-17(18)24-20(26)14(2)29-19(25)12-13-23-21(27)15-8-10-16(22)11-9-15/h4-11,14H,3,12-13H2,1-2H3,(H,23,27)(H,24,26)/t14-/m1/s1. The molecular weight excluding hydrogens is 396 g/mol. The Balaban J connectivity index is 1.77. The molecule has 2 rings (SSSR count). The van der Waals surface area contributed by atoms with Crippen LogP contribution in [-0.4, -0.2) is 37.0 Å². The van der Waals surface area contributed by atoms with Crippen LogP contribution in [0.15, 0.2) is 48.5 Å². The Morgan fingerprint density at radius 3 is 2.45 bits per heavy atom. The molecule has 2 aromatic carbocycles. The molecule has 154 valence electrons. The first-order chi connectivity index (χ1) is 13.9. The largest absolute Gasteiger partial charge is 0.492 e. The molecular formula is C21H23ClN2O5. The van der Waals surface area contributed by atoms with E-state index in [0.29, 0.717) is 28.6 Å². The van der Waals surface area contributed by atoms with Crippen LogP contribution in [-0.2, 0) is 14.3 Å². The van der Waals surface area contributed by atoms with Crippen molar-refractivity contribution in [3.8, 4) is 5.75 Å². The predicted octanol–water partition coefficient (Wildman–Crippen LogP) is 3.43. The van der Waals surface area contributed by atoms with Gasteiger partial charge in [0, 0.05) is 17.1 Å². The number of rotatable bonds is 9. The topological polar surface area (TPSA) is 93.7 Å². The molecule has 0 aromatic heterocycles. The second kappa shape index (κ2) is 11.1. The molecule has 0 aliphatic carbocycles. The number of hydrogen-bond acceptors (Lipinski definition) is 5. The van der Waals surface area contributed by atoms with E-state index in [1.165, 1.54) is 6.92 Å². The summed E-state index contributed by atoms with van der Waals surface area (Å²) in [5.41, 5.74) is 0.931. The number of benzene rings is 2. The van der Waals surface area contributed by atoms with Gasteiger partial charge in [-0.2, -0.15) is 0 Å². The van der Waals surface area contributed by atoms with Crippen molar-refractivity contribution in [1.29, 1.82) is 0 Å². The number of anilines is 1. The maximum absolute atomic E-state index is 12.3. The molecule has 0 aliphatic rings. The van der Waals surface area contributed by atoms with E-state index in [1.807, 2.05) is 6.92 Å². The lowest BCUT2D eigenvalue weighted by Crippen LogP contribution is -2.32. The minimum Gasteiger partial charge on any atom is -0.492 e. The molecule has 2 aromatic rings. The van der Waals surface area contributed by atoms with Gasteiger partial charge in [-0.05, 0) is 50.2 Å². The van der Waals surface area contributed by atoms with Gasteiger partial charge in [-0.15, -0.1) is 0 Å². The quantitative estimate of drug-likeness (QED) is 0.608. The molecule has 0 radical (unpaired) electrons. The lowest BCUT2D eigenvalue weighted by Gasteiger charge is -2.15. The fraction of sp³-hybridized carbons (Fsp3) is 0.286. The molecule has 8 heteroatoms. The van der Waals surface area contributed by atoms with Crippen molar-refractivity contribution >= 4 is 35.1 Å². The summed E-state index contributed by atoms with van der Waals surface area (Å²) in [6, 6.07) is 13.4. The average Bonchev–Trinajstić information content (AvgIpc) is 2.70. The van der Waals surface area contributed by atoms with Gasteiger partial charge in [0.1, 0.15) is 5.75 Å². The first kappa shape index (κ1) is 22.2. The second-order valence-electron chi connectivity index (χ2n) is 6.06. The first-order valence-electron chi connectivity index (χ1n) is 9.16. The molecule has 29 heavy (non-hydrogen) atoms. The Kier molecular flexibility index (Phi) is 8.48. The molecule has 1 atom stereocenters. The number of ether oxygens (including phenoxy) is 2. The van der Waals surface area contributed by atoms with Crippen LogP contribution >= 0.6 is 11.6 Å². The number of nitrogens with one attached hydrogen (secondary N) is 2. The summed E-state index contributed by atoms with van der Waals surface area (Å²) in [4.78, 5) is 36.2. The van der Waals surface area contributed by atoms with E-state index < -0.39 is 18.0 Å². The Labute approximate surface area is 174 Å². The number of carbonyl (C=O) groups is 3. The Morgan fingerprint density at radius 1 is 1.07 bits per heavy atom. The third kappa shape index (κ3) is 7.12. The third-order valence-electron chi connectivity index (χ3n) is 3.84. The molecule has 0 saturated carbocycles. The molecule has 0 spiro atoms. The van der Waals surface area contributed by atoms with E-state index in [4.69, 9.17) is 21.1 Å². The van der Waals surface area contributed by atoms with Crippen molar-refractivity contribution in [1.82, 2.24) is 5.32 Å². The minimum absolute atomic E-state index is 0.0630. The Bertz CT molecular complexity index is 854. The van der Waals surface area contributed by atoms with Crippen molar-refractivity contribution in [2.24, 2.45) is 0 Å². The van der Waals surface area contributed by atoms with Crippen molar-refractivity contribution in [3.05, 3.63) is 59.1 Å². The molecule has 0 fully saturated rings. The van der Waals surface area contributed by atoms with Crippen LogP contribution in [0.2, 0.25) is 5.02 Å². The fourth-order valence-corrected chi connectivity index (χ4v) is 2.50. The molecule has 7 nitrogen and oxygen atoms in total. The molecule has 0 aliphatic heterocycles. The lowest BCUT2D eigenvalue weighted by atomic mass is 10.2. The van der Waals surface area contributed by atoms with Crippen LogP contribution in [0.5, 0.6) is 5.75 Å². The van der Waals surface area contributed by atoms with E-state index in [1.54, 1.807) is 48.5 Å². The Morgan fingerprint density at radius 2 is 1.76 bits per heavy atom. The van der Waals surface area contributed by atoms with Gasteiger partial charge in [-0.1, -0.05) is 23.7 Å². The van der Waals surface area contributed by atoms with Crippen LogP contribution < -0.4 is 15.4 Å². The highest BCUT2D eigenvalue weighted by Gasteiger charge is 2.19. The number of esters is 1. The van der Waals surface area contributed by atoms with Gasteiger partial charge in [0.25, 0.3) is 11.8 Å². The minimum atomic E-state index is -0.996. The molecule has 0 unspecified atom stereocenters. The first-order valence-corrected chi connectivity index (χ1v) is 9.54. The third-order valence-corrected chi connectivity index (χ3v) is 4.10. The van der Waals surface area contributed by atoms with Gasteiger partial charge in [-0.25, -0.2) is 0 Å². The maximum atomic E-state index is 12.3. The predicted molar refractivity (Wildman–Crippen MR) is 110 cm³/mol. The van der Waals surface area contributed by atoms with E-state index in [2.05, 4.69) is 10.6 Å². The monoisotopic (exact) mass is 418 g/mol. The maximum Gasteiger partial charge on any atom is 0.308 e. The van der Waals surface area contributed by atoms with E-state index in [0.717, 1.165) is 0 Å². The van der Waals surface area contributed by atoms with Crippen LogP contribution in [0.3, 0.4) is 0 Å². The smallest absolute Gasteiger partial charge is 0.308 e. The van der Waals surface area contributed by atoms with Crippen molar-refractivity contribution in [3.63, 3.8) is 0 Å². The SMILES string of the molecule is CCOc1ccccc1NC(=O)[C@@H](C)OC(=O)CCNC(=O)c1ccc(Cl)cc1. The zero-order chi connectivity index (χ0) is 21.2. The highest BCUT2D eigenvalue weighted by Crippen LogP contribution is 2.23. The van der Waals surface area contributed by atoms with Gasteiger partial charge in [0.2, 0.25) is 0 Å². The van der Waals surface area contributed by atoms with Crippen molar-refractivity contribution in [2.75, 3.05) is 18.5 Å². The van der Waals surface area contributed by atoms with Crippen molar-refractivity contribution < 1.29 is 23.9 Å². The molecule has 0 heterocycles. The molecule has 0 saturated heterocycles.